The summed E-state index contributed by atoms with van der Waals surface area (Å²) < 4.78 is 71.3. The van der Waals surface area contributed by atoms with Crippen LogP contribution >= 0.6 is 0 Å². The molecule has 1 saturated heterocycles. The van der Waals surface area contributed by atoms with Crippen molar-refractivity contribution < 1.29 is 26.3 Å². The maximum atomic E-state index is 12.8. The molecule has 5 rings (SSSR count). The highest BCUT2D eigenvalue weighted by Gasteiger charge is 2.42. The number of aromatic nitrogens is 3. The van der Waals surface area contributed by atoms with E-state index in [1.807, 2.05) is 0 Å². The Hall–Kier alpha value is -2.90. The summed E-state index contributed by atoms with van der Waals surface area (Å²) in [5.41, 5.74) is 0.913. The van der Waals surface area contributed by atoms with E-state index in [1.54, 1.807) is 10.7 Å². The zero-order chi connectivity index (χ0) is 24.3. The average molecular weight is 497 g/mol. The molecule has 3 aromatic rings. The molecule has 2 atom stereocenters. The van der Waals surface area contributed by atoms with E-state index >= 15 is 0 Å². The smallest absolute Gasteiger partial charge is 0.379 e. The van der Waals surface area contributed by atoms with Crippen LogP contribution in [-0.2, 0) is 21.3 Å². The van der Waals surface area contributed by atoms with E-state index in [-0.39, 0.29) is 40.3 Å². The van der Waals surface area contributed by atoms with Gasteiger partial charge in [-0.25, -0.2) is 8.42 Å². The minimum atomic E-state index is -4.65. The molecule has 0 bridgehead atoms. The first-order valence-corrected chi connectivity index (χ1v) is 12.1. The molecule has 182 valence electrons. The number of alkyl halides is 3. The van der Waals surface area contributed by atoms with Crippen molar-refractivity contribution in [2.24, 2.45) is 5.92 Å². The van der Waals surface area contributed by atoms with E-state index in [1.165, 1.54) is 24.4 Å². The number of sulfonamides is 1. The molecule has 0 radical (unpaired) electrons. The molecular weight excluding hydrogens is 475 g/mol. The highest BCUT2D eigenvalue weighted by molar-refractivity contribution is 7.89. The second kappa shape index (κ2) is 8.10. The highest BCUT2D eigenvalue weighted by Crippen LogP contribution is 2.36. The molecular formula is C21H22F3N5O4S. The molecule has 0 amide bonds. The fourth-order valence-electron chi connectivity index (χ4n) is 4.51. The quantitative estimate of drug-likeness (QED) is 0.573. The van der Waals surface area contributed by atoms with Crippen LogP contribution in [0.15, 0.2) is 40.2 Å². The highest BCUT2D eigenvalue weighted by atomic mass is 32.2. The Kier molecular flexibility index (Phi) is 5.45. The zero-order valence-corrected chi connectivity index (χ0v) is 18.9. The summed E-state index contributed by atoms with van der Waals surface area (Å²) in [5.74, 6) is 0.538. The molecule has 2 N–H and O–H groups in total. The Balaban J connectivity index is 1.51. The summed E-state index contributed by atoms with van der Waals surface area (Å²) in [7, 11) is -4.23. The lowest BCUT2D eigenvalue weighted by molar-refractivity contribution is -0.136. The van der Waals surface area contributed by atoms with Crippen LogP contribution in [0, 0.1) is 5.92 Å². The number of aromatic amines is 1. The van der Waals surface area contributed by atoms with Crippen molar-refractivity contribution in [1.29, 1.82) is 0 Å². The molecule has 4 heterocycles. The van der Waals surface area contributed by atoms with E-state index in [0.29, 0.717) is 34.1 Å². The monoisotopic (exact) mass is 497 g/mol. The number of anilines is 2. The zero-order valence-electron chi connectivity index (χ0n) is 18.1. The number of fused-ring (bicyclic) bond motifs is 2. The number of rotatable bonds is 4. The van der Waals surface area contributed by atoms with Crippen molar-refractivity contribution in [1.82, 2.24) is 19.1 Å². The van der Waals surface area contributed by atoms with Gasteiger partial charge in [0.15, 0.2) is 5.82 Å². The number of hydrogen-bond donors (Lipinski definition) is 2. The molecule has 2 aromatic heterocycles. The minimum Gasteiger partial charge on any atom is -0.379 e. The molecule has 0 spiro atoms. The first kappa shape index (κ1) is 22.9. The Morgan fingerprint density at radius 1 is 1.29 bits per heavy atom. The lowest BCUT2D eigenvalue weighted by Gasteiger charge is -2.29. The van der Waals surface area contributed by atoms with Crippen LogP contribution in [-0.4, -0.2) is 53.4 Å². The van der Waals surface area contributed by atoms with Gasteiger partial charge in [-0.1, -0.05) is 6.92 Å². The molecule has 0 aliphatic carbocycles. The third-order valence-electron chi connectivity index (χ3n) is 6.25. The molecule has 34 heavy (non-hydrogen) atoms. The minimum absolute atomic E-state index is 0.0744. The van der Waals surface area contributed by atoms with Gasteiger partial charge in [0.25, 0.3) is 5.56 Å². The van der Waals surface area contributed by atoms with Crippen molar-refractivity contribution in [3.63, 3.8) is 0 Å². The van der Waals surface area contributed by atoms with Crippen molar-refractivity contribution in [2.75, 3.05) is 25.1 Å². The van der Waals surface area contributed by atoms with Crippen LogP contribution in [0.5, 0.6) is 0 Å². The molecule has 13 heteroatoms. The summed E-state index contributed by atoms with van der Waals surface area (Å²) >= 11 is 0. The number of ether oxygens (including phenoxy) is 1. The Labute approximate surface area is 192 Å². The van der Waals surface area contributed by atoms with Gasteiger partial charge < -0.3 is 15.0 Å². The van der Waals surface area contributed by atoms with Crippen molar-refractivity contribution in [2.45, 2.75) is 37.0 Å². The lowest BCUT2D eigenvalue weighted by Crippen LogP contribution is -2.34. The number of pyridine rings is 1. The largest absolute Gasteiger partial charge is 0.402 e. The maximum Gasteiger partial charge on any atom is 0.402 e. The van der Waals surface area contributed by atoms with Gasteiger partial charge >= 0.3 is 6.18 Å². The normalized spacial score (nSPS) is 22.7. The number of hydrogen-bond acceptors (Lipinski definition) is 6. The van der Waals surface area contributed by atoms with Crippen LogP contribution in [0.4, 0.5) is 24.7 Å². The second-order valence-corrected chi connectivity index (χ2v) is 10.5. The summed E-state index contributed by atoms with van der Waals surface area (Å²) in [6.45, 7) is 1.26. The summed E-state index contributed by atoms with van der Waals surface area (Å²) in [5, 5.41) is 8.01. The standard InChI is InChI=1S/C21H22F3N5O4S/c1-12-5-7-33-10-16(12)29-15-4-6-25-20(30)18(15)19(27-29)26-14-2-3-17-13(8-14)9-28(34(17,31)32)11-21(22,23)24/h2-4,6,8,12,16H,5,7,9-11H2,1H3,(H,25,30)(H,26,27)/t12-,16-/m0/s1. The predicted molar refractivity (Wildman–Crippen MR) is 117 cm³/mol. The van der Waals surface area contributed by atoms with Crippen molar-refractivity contribution in [3.05, 3.63) is 46.4 Å². The second-order valence-electron chi connectivity index (χ2n) is 8.60. The van der Waals surface area contributed by atoms with Gasteiger partial charge in [-0.3, -0.25) is 9.48 Å². The van der Waals surface area contributed by atoms with Crippen molar-refractivity contribution in [3.8, 4) is 0 Å². The summed E-state index contributed by atoms with van der Waals surface area (Å²) in [6.07, 6.45) is -2.26. The number of halogens is 3. The average Bonchev–Trinajstić information content (AvgIpc) is 3.23. The topological polar surface area (TPSA) is 109 Å². The van der Waals surface area contributed by atoms with Crippen molar-refractivity contribution >= 4 is 32.4 Å². The van der Waals surface area contributed by atoms with E-state index < -0.39 is 22.7 Å². The SMILES string of the molecule is C[C@H]1CCOC[C@@H]1n1nc(Nc2ccc3c(c2)CN(CC(F)(F)F)S3(=O)=O)c2c(=O)[nH]ccc21. The van der Waals surface area contributed by atoms with E-state index in [0.717, 1.165) is 6.42 Å². The first-order chi connectivity index (χ1) is 16.0. The molecule has 0 unspecified atom stereocenters. The lowest BCUT2D eigenvalue weighted by atomic mass is 9.97. The molecule has 2 aliphatic rings. The van der Waals surface area contributed by atoms with Gasteiger partial charge in [-0.2, -0.15) is 22.6 Å². The first-order valence-electron chi connectivity index (χ1n) is 10.7. The summed E-state index contributed by atoms with van der Waals surface area (Å²) in [6, 6.07) is 5.86. The Morgan fingerprint density at radius 3 is 2.82 bits per heavy atom. The van der Waals surface area contributed by atoms with Crippen LogP contribution in [0.25, 0.3) is 10.9 Å². The number of nitrogens with one attached hydrogen (secondary N) is 2. The molecule has 2 aliphatic heterocycles. The molecule has 0 saturated carbocycles. The fraction of sp³-hybridized carbons (Fsp3) is 0.429. The van der Waals surface area contributed by atoms with Gasteiger partial charge in [0, 0.05) is 25.0 Å². The predicted octanol–water partition coefficient (Wildman–Crippen LogP) is 3.13. The number of H-pyrrole nitrogens is 1. The number of nitrogens with zero attached hydrogens (tertiary/aromatic N) is 3. The third-order valence-corrected chi connectivity index (χ3v) is 8.14. The Morgan fingerprint density at radius 2 is 2.09 bits per heavy atom. The maximum absolute atomic E-state index is 12.8. The van der Waals surface area contributed by atoms with Gasteiger partial charge in [-0.15, -0.1) is 0 Å². The molecule has 1 aromatic carbocycles. The molecule has 9 nitrogen and oxygen atoms in total. The Bertz CT molecular complexity index is 1420. The summed E-state index contributed by atoms with van der Waals surface area (Å²) in [4.78, 5) is 15.1. The van der Waals surface area contributed by atoms with E-state index in [9.17, 15) is 26.4 Å². The van der Waals surface area contributed by atoms with Gasteiger partial charge in [0.2, 0.25) is 10.0 Å². The fourth-order valence-corrected chi connectivity index (χ4v) is 6.10. The van der Waals surface area contributed by atoms with Crippen LogP contribution in [0.2, 0.25) is 0 Å². The third kappa shape index (κ3) is 3.97. The van der Waals surface area contributed by atoms with Crippen LogP contribution in [0.1, 0.15) is 24.9 Å². The van der Waals surface area contributed by atoms with Gasteiger partial charge in [0.1, 0.15) is 11.9 Å². The number of benzene rings is 1. The van der Waals surface area contributed by atoms with E-state index in [4.69, 9.17) is 4.74 Å². The van der Waals surface area contributed by atoms with Crippen LogP contribution in [0.3, 0.4) is 0 Å². The molecule has 1 fully saturated rings. The van der Waals surface area contributed by atoms with E-state index in [2.05, 4.69) is 22.3 Å². The van der Waals surface area contributed by atoms with Crippen LogP contribution < -0.4 is 10.9 Å². The van der Waals surface area contributed by atoms with Gasteiger partial charge in [0.05, 0.1) is 23.1 Å². The van der Waals surface area contributed by atoms with Gasteiger partial charge in [-0.05, 0) is 42.2 Å².